The third kappa shape index (κ3) is 5.73. The summed E-state index contributed by atoms with van der Waals surface area (Å²) in [6.45, 7) is 4.55. The first-order valence-corrected chi connectivity index (χ1v) is 10.7. The van der Waals surface area contributed by atoms with E-state index in [4.69, 9.17) is 4.74 Å². The number of nitrogens with zero attached hydrogens (tertiary/aromatic N) is 2. The van der Waals surface area contributed by atoms with Crippen molar-refractivity contribution in [3.05, 3.63) is 59.9 Å². The molecule has 0 aromatic heterocycles. The van der Waals surface area contributed by atoms with Gasteiger partial charge in [0.15, 0.2) is 0 Å². The normalized spacial score (nSPS) is 14.4. The summed E-state index contributed by atoms with van der Waals surface area (Å²) in [4.78, 5) is 29.6. The number of hydrogen-bond donors (Lipinski definition) is 0. The molecule has 1 fully saturated rings. The fraction of sp³-hybridized carbons (Fsp3) is 0.364. The van der Waals surface area contributed by atoms with Gasteiger partial charge in [-0.15, -0.1) is 11.8 Å². The van der Waals surface area contributed by atoms with Crippen LogP contribution in [0, 0.1) is 5.82 Å². The Hall–Kier alpha value is -2.54. The zero-order valence-corrected chi connectivity index (χ0v) is 17.3. The maximum absolute atomic E-state index is 13.9. The van der Waals surface area contributed by atoms with Gasteiger partial charge in [0.05, 0.1) is 17.9 Å². The first-order valence-electron chi connectivity index (χ1n) is 9.75. The van der Waals surface area contributed by atoms with Crippen LogP contribution in [-0.2, 0) is 4.79 Å². The Kier molecular flexibility index (Phi) is 7.52. The van der Waals surface area contributed by atoms with Gasteiger partial charge >= 0.3 is 0 Å². The van der Waals surface area contributed by atoms with Gasteiger partial charge in [-0.2, -0.15) is 0 Å². The number of thioether (sulfide) groups is 1. The van der Waals surface area contributed by atoms with Crippen LogP contribution in [0.5, 0.6) is 5.75 Å². The first-order chi connectivity index (χ1) is 14.1. The Morgan fingerprint density at radius 1 is 1.00 bits per heavy atom. The molecular formula is C22H25FN2O3S. The number of ether oxygens (including phenoxy) is 1. The Morgan fingerprint density at radius 2 is 1.69 bits per heavy atom. The molecule has 0 saturated carbocycles. The van der Waals surface area contributed by atoms with Crippen molar-refractivity contribution < 1.29 is 18.7 Å². The number of carbonyl (C=O) groups is 2. The van der Waals surface area contributed by atoms with Crippen molar-refractivity contribution in [3.8, 4) is 5.75 Å². The molecule has 3 rings (SSSR count). The SMILES string of the molecule is CCOc1ccc(SCC(=O)N2CCCN(C(=O)c3ccccc3F)CC2)cc1. The molecule has 0 aliphatic carbocycles. The lowest BCUT2D eigenvalue weighted by molar-refractivity contribution is -0.128. The molecular weight excluding hydrogens is 391 g/mol. The van der Waals surface area contributed by atoms with Crippen LogP contribution in [0.25, 0.3) is 0 Å². The molecule has 2 aromatic carbocycles. The van der Waals surface area contributed by atoms with Crippen molar-refractivity contribution >= 4 is 23.6 Å². The maximum Gasteiger partial charge on any atom is 0.256 e. The molecule has 0 spiro atoms. The zero-order chi connectivity index (χ0) is 20.6. The third-order valence-electron chi connectivity index (χ3n) is 4.74. The van der Waals surface area contributed by atoms with E-state index < -0.39 is 5.82 Å². The summed E-state index contributed by atoms with van der Waals surface area (Å²) < 4.78 is 19.3. The maximum atomic E-state index is 13.9. The minimum absolute atomic E-state index is 0.0454. The highest BCUT2D eigenvalue weighted by atomic mass is 32.2. The predicted molar refractivity (Wildman–Crippen MR) is 112 cm³/mol. The van der Waals surface area contributed by atoms with Crippen LogP contribution >= 0.6 is 11.8 Å². The van der Waals surface area contributed by atoms with Crippen LogP contribution in [0.4, 0.5) is 4.39 Å². The minimum atomic E-state index is -0.513. The standard InChI is InChI=1S/C22H25FN2O3S/c1-2-28-17-8-10-18(11-9-17)29-16-21(26)24-12-5-13-25(15-14-24)22(27)19-6-3-4-7-20(19)23/h3-4,6-11H,2,5,12-16H2,1H3. The smallest absolute Gasteiger partial charge is 0.256 e. The Labute approximate surface area is 174 Å². The fourth-order valence-electron chi connectivity index (χ4n) is 3.21. The average Bonchev–Trinajstić information content (AvgIpc) is 2.99. The van der Waals surface area contributed by atoms with E-state index in [1.165, 1.54) is 23.9 Å². The van der Waals surface area contributed by atoms with E-state index in [1.54, 1.807) is 21.9 Å². The van der Waals surface area contributed by atoms with Crippen molar-refractivity contribution in [2.75, 3.05) is 38.5 Å². The van der Waals surface area contributed by atoms with E-state index in [2.05, 4.69) is 0 Å². The first kappa shape index (κ1) is 21.2. The summed E-state index contributed by atoms with van der Waals surface area (Å²) in [7, 11) is 0. The van der Waals surface area contributed by atoms with E-state index in [1.807, 2.05) is 31.2 Å². The zero-order valence-electron chi connectivity index (χ0n) is 16.5. The van der Waals surface area contributed by atoms with Crippen LogP contribution < -0.4 is 4.74 Å². The van der Waals surface area contributed by atoms with Crippen molar-refractivity contribution in [2.45, 2.75) is 18.2 Å². The van der Waals surface area contributed by atoms with Crippen LogP contribution in [0.15, 0.2) is 53.4 Å². The van der Waals surface area contributed by atoms with E-state index in [0.29, 0.717) is 45.0 Å². The number of carbonyl (C=O) groups excluding carboxylic acids is 2. The largest absolute Gasteiger partial charge is 0.494 e. The van der Waals surface area contributed by atoms with Crippen LogP contribution in [0.2, 0.25) is 0 Å². The average molecular weight is 417 g/mol. The Bertz CT molecular complexity index is 844. The number of benzene rings is 2. The van der Waals surface area contributed by atoms with Crippen LogP contribution in [0.3, 0.4) is 0 Å². The van der Waals surface area contributed by atoms with E-state index in [-0.39, 0.29) is 17.4 Å². The lowest BCUT2D eigenvalue weighted by atomic mass is 10.2. The van der Waals surface area contributed by atoms with Gasteiger partial charge < -0.3 is 14.5 Å². The highest BCUT2D eigenvalue weighted by Gasteiger charge is 2.24. The van der Waals surface area contributed by atoms with Crippen LogP contribution in [0.1, 0.15) is 23.7 Å². The second kappa shape index (κ2) is 10.3. The molecule has 2 amide bonds. The number of hydrogen-bond acceptors (Lipinski definition) is 4. The lowest BCUT2D eigenvalue weighted by Crippen LogP contribution is -2.38. The number of halogens is 1. The molecule has 1 aliphatic heterocycles. The molecule has 0 N–H and O–H groups in total. The lowest BCUT2D eigenvalue weighted by Gasteiger charge is -2.22. The second-order valence-corrected chi connectivity index (χ2v) is 7.75. The quantitative estimate of drug-likeness (QED) is 0.674. The van der Waals surface area contributed by atoms with E-state index in [9.17, 15) is 14.0 Å². The van der Waals surface area contributed by atoms with Crippen LogP contribution in [-0.4, -0.2) is 60.2 Å². The molecule has 1 heterocycles. The summed E-state index contributed by atoms with van der Waals surface area (Å²) in [5, 5.41) is 0. The summed E-state index contributed by atoms with van der Waals surface area (Å²) in [6, 6.07) is 13.7. The molecule has 1 saturated heterocycles. The highest BCUT2D eigenvalue weighted by Crippen LogP contribution is 2.22. The Morgan fingerprint density at radius 3 is 2.41 bits per heavy atom. The molecule has 2 aromatic rings. The van der Waals surface area contributed by atoms with Crippen molar-refractivity contribution in [1.29, 1.82) is 0 Å². The summed E-state index contributed by atoms with van der Waals surface area (Å²) >= 11 is 1.48. The molecule has 0 unspecified atom stereocenters. The predicted octanol–water partition coefficient (Wildman–Crippen LogP) is 3.69. The molecule has 1 aliphatic rings. The molecule has 29 heavy (non-hydrogen) atoms. The monoisotopic (exact) mass is 416 g/mol. The van der Waals surface area contributed by atoms with Crippen molar-refractivity contribution in [1.82, 2.24) is 9.80 Å². The summed E-state index contributed by atoms with van der Waals surface area (Å²) in [6.07, 6.45) is 0.680. The molecule has 7 heteroatoms. The molecule has 154 valence electrons. The van der Waals surface area contributed by atoms with Gasteiger partial charge in [-0.1, -0.05) is 12.1 Å². The highest BCUT2D eigenvalue weighted by molar-refractivity contribution is 8.00. The van der Waals surface area contributed by atoms with Gasteiger partial charge in [0, 0.05) is 31.1 Å². The second-order valence-electron chi connectivity index (χ2n) is 6.70. The van der Waals surface area contributed by atoms with Gasteiger partial charge in [-0.3, -0.25) is 9.59 Å². The third-order valence-corrected chi connectivity index (χ3v) is 5.73. The van der Waals surface area contributed by atoms with Gasteiger partial charge in [-0.25, -0.2) is 4.39 Å². The van der Waals surface area contributed by atoms with Crippen molar-refractivity contribution in [2.24, 2.45) is 0 Å². The minimum Gasteiger partial charge on any atom is -0.494 e. The fourth-order valence-corrected chi connectivity index (χ4v) is 4.01. The molecule has 5 nitrogen and oxygen atoms in total. The van der Waals surface area contributed by atoms with E-state index >= 15 is 0 Å². The van der Waals surface area contributed by atoms with Gasteiger partial charge in [0.2, 0.25) is 5.91 Å². The van der Waals surface area contributed by atoms with Gasteiger partial charge in [0.25, 0.3) is 5.91 Å². The molecule has 0 atom stereocenters. The number of rotatable bonds is 6. The van der Waals surface area contributed by atoms with Crippen molar-refractivity contribution in [3.63, 3.8) is 0 Å². The van der Waals surface area contributed by atoms with Gasteiger partial charge in [0.1, 0.15) is 11.6 Å². The Balaban J connectivity index is 1.51. The summed E-state index contributed by atoms with van der Waals surface area (Å²) in [5.74, 6) is 0.372. The topological polar surface area (TPSA) is 49.9 Å². The molecule has 0 bridgehead atoms. The number of amides is 2. The molecule has 0 radical (unpaired) electrons. The van der Waals surface area contributed by atoms with Gasteiger partial charge in [-0.05, 0) is 49.7 Å². The summed E-state index contributed by atoms with van der Waals surface area (Å²) in [5.41, 5.74) is 0.0818. The van der Waals surface area contributed by atoms with E-state index in [0.717, 1.165) is 10.6 Å².